The molecule has 1 atom stereocenters. The van der Waals surface area contributed by atoms with Crippen molar-refractivity contribution in [3.05, 3.63) is 53.1 Å². The molecule has 1 aliphatic heterocycles. The van der Waals surface area contributed by atoms with Crippen molar-refractivity contribution >= 4 is 0 Å². The third kappa shape index (κ3) is 1.44. The number of imidazole rings is 1. The van der Waals surface area contributed by atoms with Crippen molar-refractivity contribution in [2.75, 3.05) is 6.54 Å². The van der Waals surface area contributed by atoms with Crippen LogP contribution in [0.2, 0.25) is 0 Å². The lowest BCUT2D eigenvalue weighted by molar-refractivity contribution is 0.544. The molecule has 1 unspecified atom stereocenters. The third-order valence-electron chi connectivity index (χ3n) is 3.17. The molecule has 0 bridgehead atoms. The number of aromatic amines is 1. The zero-order chi connectivity index (χ0) is 11.0. The average molecular weight is 212 g/mol. The zero-order valence-electron chi connectivity index (χ0n) is 9.27. The fourth-order valence-corrected chi connectivity index (χ4v) is 2.32. The van der Waals surface area contributed by atoms with E-state index in [0.717, 1.165) is 24.4 Å². The van der Waals surface area contributed by atoms with Gasteiger partial charge in [-0.15, -0.1) is 0 Å². The lowest BCUT2D eigenvalue weighted by atomic mass is 9.92. The summed E-state index contributed by atoms with van der Waals surface area (Å²) < 4.78 is 0. The minimum atomic E-state index is 0.121. The van der Waals surface area contributed by atoms with Crippen LogP contribution in [0.4, 0.5) is 0 Å². The van der Waals surface area contributed by atoms with Crippen molar-refractivity contribution in [3.8, 4) is 0 Å². The van der Waals surface area contributed by atoms with Gasteiger partial charge in [-0.1, -0.05) is 24.3 Å². The molecule has 0 spiro atoms. The van der Waals surface area contributed by atoms with Crippen LogP contribution in [-0.4, -0.2) is 16.5 Å². The monoisotopic (exact) mass is 212 g/mol. The summed E-state index contributed by atoms with van der Waals surface area (Å²) in [4.78, 5) is 7.51. The number of benzene rings is 1. The minimum Gasteiger partial charge on any atom is -0.348 e. The van der Waals surface area contributed by atoms with E-state index in [1.165, 1.54) is 11.1 Å². The molecule has 3 rings (SSSR count). The van der Waals surface area contributed by atoms with Crippen molar-refractivity contribution in [2.24, 2.45) is 0 Å². The lowest BCUT2D eigenvalue weighted by Gasteiger charge is -2.24. The first-order valence-electron chi connectivity index (χ1n) is 5.60. The Balaban J connectivity index is 2.08. The molecule has 2 heterocycles. The second-order valence-corrected chi connectivity index (χ2v) is 4.17. The van der Waals surface area contributed by atoms with E-state index in [4.69, 9.17) is 5.32 Å². The Morgan fingerprint density at radius 3 is 3.00 bits per heavy atom. The molecule has 81 valence electrons. The normalized spacial score (nSPS) is 19.4. The quantitative estimate of drug-likeness (QED) is 0.771. The van der Waals surface area contributed by atoms with Crippen LogP contribution in [0.1, 0.15) is 28.6 Å². The van der Waals surface area contributed by atoms with Crippen molar-refractivity contribution in [3.63, 3.8) is 0 Å². The van der Waals surface area contributed by atoms with Crippen LogP contribution in [0.3, 0.4) is 0 Å². The molecular weight excluding hydrogens is 198 g/mol. The van der Waals surface area contributed by atoms with E-state index in [0.29, 0.717) is 0 Å². The summed E-state index contributed by atoms with van der Waals surface area (Å²) >= 11 is 0. The van der Waals surface area contributed by atoms with Crippen LogP contribution in [-0.2, 0) is 6.42 Å². The summed E-state index contributed by atoms with van der Waals surface area (Å²) in [6.45, 7) is 2.95. The molecule has 0 fully saturated rings. The molecule has 0 amide bonds. The Morgan fingerprint density at radius 2 is 2.19 bits per heavy atom. The van der Waals surface area contributed by atoms with E-state index >= 15 is 0 Å². The van der Waals surface area contributed by atoms with E-state index in [1.54, 1.807) is 6.33 Å². The third-order valence-corrected chi connectivity index (χ3v) is 3.17. The van der Waals surface area contributed by atoms with E-state index in [1.807, 2.05) is 0 Å². The van der Waals surface area contributed by atoms with Gasteiger partial charge in [0.25, 0.3) is 0 Å². The van der Waals surface area contributed by atoms with Crippen molar-refractivity contribution < 1.29 is 0 Å². The highest BCUT2D eigenvalue weighted by Gasteiger charge is 2.24. The fourth-order valence-electron chi connectivity index (χ4n) is 2.32. The minimum absolute atomic E-state index is 0.121. The molecule has 3 heteroatoms. The SMILES string of the molecule is Cc1[nH]cnc1C1[N]CCc2ccccc21. The van der Waals surface area contributed by atoms with Gasteiger partial charge in [-0.05, 0) is 24.5 Å². The van der Waals surface area contributed by atoms with Gasteiger partial charge in [0.2, 0.25) is 0 Å². The summed E-state index contributed by atoms with van der Waals surface area (Å²) in [5.41, 5.74) is 4.89. The first-order chi connectivity index (χ1) is 7.86. The highest BCUT2D eigenvalue weighted by atomic mass is 15.0. The van der Waals surface area contributed by atoms with Gasteiger partial charge in [-0.2, -0.15) is 0 Å². The first kappa shape index (κ1) is 9.60. The highest BCUT2D eigenvalue weighted by molar-refractivity contribution is 5.38. The van der Waals surface area contributed by atoms with Crippen molar-refractivity contribution in [1.82, 2.24) is 15.3 Å². The van der Waals surface area contributed by atoms with Gasteiger partial charge in [0.05, 0.1) is 18.1 Å². The molecule has 0 saturated heterocycles. The molecule has 1 aromatic heterocycles. The van der Waals surface area contributed by atoms with Crippen LogP contribution in [0.25, 0.3) is 0 Å². The number of hydrogen-bond acceptors (Lipinski definition) is 1. The summed E-state index contributed by atoms with van der Waals surface area (Å²) in [5, 5.41) is 4.69. The molecule has 2 aromatic rings. The highest BCUT2D eigenvalue weighted by Crippen LogP contribution is 2.29. The van der Waals surface area contributed by atoms with Gasteiger partial charge in [-0.3, -0.25) is 0 Å². The average Bonchev–Trinajstić information content (AvgIpc) is 2.75. The summed E-state index contributed by atoms with van der Waals surface area (Å²) in [6.07, 6.45) is 2.80. The van der Waals surface area contributed by atoms with E-state index in [2.05, 4.69) is 41.2 Å². The number of rotatable bonds is 1. The Kier molecular flexibility index (Phi) is 2.26. The van der Waals surface area contributed by atoms with Crippen LogP contribution in [0.15, 0.2) is 30.6 Å². The topological polar surface area (TPSA) is 42.8 Å². The molecule has 0 saturated carbocycles. The zero-order valence-corrected chi connectivity index (χ0v) is 9.27. The van der Waals surface area contributed by atoms with Crippen molar-refractivity contribution in [2.45, 2.75) is 19.4 Å². The second-order valence-electron chi connectivity index (χ2n) is 4.17. The van der Waals surface area contributed by atoms with Gasteiger partial charge in [-0.25, -0.2) is 10.3 Å². The molecule has 0 aliphatic carbocycles. The van der Waals surface area contributed by atoms with E-state index < -0.39 is 0 Å². The molecule has 1 aliphatic rings. The molecule has 3 nitrogen and oxygen atoms in total. The molecular formula is C13H14N3. The maximum absolute atomic E-state index is 4.69. The van der Waals surface area contributed by atoms with Crippen LogP contribution in [0, 0.1) is 6.92 Å². The van der Waals surface area contributed by atoms with Gasteiger partial charge in [0.15, 0.2) is 0 Å². The second kappa shape index (κ2) is 3.76. The predicted octanol–water partition coefficient (Wildman–Crippen LogP) is 1.97. The fraction of sp³-hybridized carbons (Fsp3) is 0.308. The summed E-state index contributed by atoms with van der Waals surface area (Å²) in [6, 6.07) is 8.65. The smallest absolute Gasteiger partial charge is 0.0938 e. The van der Waals surface area contributed by atoms with Gasteiger partial charge in [0, 0.05) is 12.2 Å². The molecule has 1 radical (unpaired) electrons. The molecule has 1 aromatic carbocycles. The Labute approximate surface area is 94.9 Å². The number of hydrogen-bond donors (Lipinski definition) is 1. The van der Waals surface area contributed by atoms with Gasteiger partial charge >= 0.3 is 0 Å². The Hall–Kier alpha value is -1.61. The number of H-pyrrole nitrogens is 1. The number of aromatic nitrogens is 2. The maximum atomic E-state index is 4.69. The Morgan fingerprint density at radius 1 is 1.31 bits per heavy atom. The first-order valence-corrected chi connectivity index (χ1v) is 5.60. The summed E-state index contributed by atoms with van der Waals surface area (Å²) in [5.74, 6) is 0. The van der Waals surface area contributed by atoms with Gasteiger partial charge in [0.1, 0.15) is 0 Å². The number of fused-ring (bicyclic) bond motifs is 1. The van der Waals surface area contributed by atoms with Crippen LogP contribution >= 0.6 is 0 Å². The molecule has 1 N–H and O–H groups in total. The van der Waals surface area contributed by atoms with Gasteiger partial charge < -0.3 is 4.98 Å². The van der Waals surface area contributed by atoms with Crippen molar-refractivity contribution in [1.29, 1.82) is 0 Å². The van der Waals surface area contributed by atoms with E-state index in [9.17, 15) is 0 Å². The standard InChI is InChI=1S/C13H14N3/c1-9-12(16-8-15-9)13-11-5-3-2-4-10(11)6-7-14-13/h2-5,8,13H,6-7H2,1H3,(H,15,16). The maximum Gasteiger partial charge on any atom is 0.0938 e. The van der Waals surface area contributed by atoms with Crippen LogP contribution < -0.4 is 5.32 Å². The number of aryl methyl sites for hydroxylation is 1. The molecule has 16 heavy (non-hydrogen) atoms. The summed E-state index contributed by atoms with van der Waals surface area (Å²) in [7, 11) is 0. The Bertz CT molecular complexity index is 501. The van der Waals surface area contributed by atoms with Crippen LogP contribution in [0.5, 0.6) is 0 Å². The predicted molar refractivity (Wildman–Crippen MR) is 62.3 cm³/mol. The van der Waals surface area contributed by atoms with E-state index in [-0.39, 0.29) is 6.04 Å². The number of nitrogens with one attached hydrogen (secondary N) is 1. The largest absolute Gasteiger partial charge is 0.348 e. The number of nitrogens with zero attached hydrogens (tertiary/aromatic N) is 2. The lowest BCUT2D eigenvalue weighted by Crippen LogP contribution is -2.25.